The summed E-state index contributed by atoms with van der Waals surface area (Å²) in [4.78, 5) is 11.8. The predicted molar refractivity (Wildman–Crippen MR) is 127 cm³/mol. The minimum absolute atomic E-state index is 0.0787. The molecule has 0 bridgehead atoms. The third kappa shape index (κ3) is 6.68. The van der Waals surface area contributed by atoms with Crippen LogP contribution in [0.4, 0.5) is 0 Å². The van der Waals surface area contributed by atoms with E-state index >= 15 is 0 Å². The minimum Gasteiger partial charge on any atom is -0.423 e. The second-order valence-corrected chi connectivity index (χ2v) is 10.1. The fourth-order valence-corrected chi connectivity index (χ4v) is 5.95. The normalized spacial score (nSPS) is 26.4. The highest BCUT2D eigenvalue weighted by atomic mass is 16.5. The molecule has 1 aromatic rings. The zero-order chi connectivity index (χ0) is 22.2. The molecule has 172 valence electrons. The molecule has 1 N–H and O–H groups in total. The number of rotatable bonds is 9. The number of esters is 1. The zero-order valence-electron chi connectivity index (χ0n) is 19.7. The summed E-state index contributed by atoms with van der Waals surface area (Å²) in [6, 6.07) is 5.97. The summed E-state index contributed by atoms with van der Waals surface area (Å²) in [5, 5.41) is 9.02. The first-order valence-corrected chi connectivity index (χ1v) is 12.6. The molecule has 2 aliphatic rings. The molecule has 3 nitrogen and oxygen atoms in total. The summed E-state index contributed by atoms with van der Waals surface area (Å²) in [6.45, 7) is 7.56. The number of hydrogen-bond donors (Lipinski definition) is 1. The molecular weight excluding hydrogens is 384 g/mol. The first-order valence-electron chi connectivity index (χ1n) is 12.6. The predicted octanol–water partition coefficient (Wildman–Crippen LogP) is 7.11. The van der Waals surface area contributed by atoms with Gasteiger partial charge in [-0.05, 0) is 92.4 Å². The topological polar surface area (TPSA) is 46.5 Å². The van der Waals surface area contributed by atoms with E-state index < -0.39 is 5.97 Å². The quantitative estimate of drug-likeness (QED) is 0.198. The van der Waals surface area contributed by atoms with Crippen molar-refractivity contribution >= 4 is 5.97 Å². The third-order valence-corrected chi connectivity index (χ3v) is 7.92. The van der Waals surface area contributed by atoms with Crippen LogP contribution in [0.3, 0.4) is 0 Å². The molecule has 0 atom stereocenters. The molecule has 31 heavy (non-hydrogen) atoms. The van der Waals surface area contributed by atoms with Gasteiger partial charge < -0.3 is 9.84 Å². The molecule has 2 aliphatic carbocycles. The Kier molecular flexibility index (Phi) is 9.19. The Morgan fingerprint density at radius 2 is 1.68 bits per heavy atom. The van der Waals surface area contributed by atoms with Crippen molar-refractivity contribution in [1.29, 1.82) is 0 Å². The molecule has 0 aromatic heterocycles. The summed E-state index contributed by atoms with van der Waals surface area (Å²) in [7, 11) is 0. The fraction of sp³-hybridized carbons (Fsp3) is 0.679. The van der Waals surface area contributed by atoms with Gasteiger partial charge >= 0.3 is 5.97 Å². The fourth-order valence-electron chi connectivity index (χ4n) is 5.95. The standard InChI is InChI=1S/C28H42O3/c1-4-5-6-7-22-8-10-23(11-9-22)24-12-14-25(15-13-24)27-17-16-26(18-20(27)2)31-28(30)21(3)19-29/h16-18,22-25,29H,3-15,19H2,1-2H3. The number of ether oxygens (including phenoxy) is 1. The van der Waals surface area contributed by atoms with E-state index in [1.807, 2.05) is 12.1 Å². The maximum Gasteiger partial charge on any atom is 0.341 e. The smallest absolute Gasteiger partial charge is 0.341 e. The number of carbonyl (C=O) groups excluding carboxylic acids is 1. The van der Waals surface area contributed by atoms with Crippen LogP contribution in [0.2, 0.25) is 0 Å². The van der Waals surface area contributed by atoms with Crippen molar-refractivity contribution in [3.63, 3.8) is 0 Å². The second-order valence-electron chi connectivity index (χ2n) is 10.1. The molecule has 0 radical (unpaired) electrons. The van der Waals surface area contributed by atoms with E-state index in [0.717, 1.165) is 17.8 Å². The van der Waals surface area contributed by atoms with Gasteiger partial charge in [0.25, 0.3) is 0 Å². The molecule has 1 aromatic carbocycles. The van der Waals surface area contributed by atoms with Gasteiger partial charge in [0.2, 0.25) is 0 Å². The van der Waals surface area contributed by atoms with Gasteiger partial charge in [-0.3, -0.25) is 0 Å². The van der Waals surface area contributed by atoms with E-state index in [2.05, 4.69) is 26.5 Å². The molecule has 3 rings (SSSR count). The van der Waals surface area contributed by atoms with E-state index in [1.54, 1.807) is 0 Å². The summed E-state index contributed by atoms with van der Waals surface area (Å²) in [5.74, 6) is 3.49. The number of aryl methyl sites for hydroxylation is 1. The van der Waals surface area contributed by atoms with Gasteiger partial charge in [0, 0.05) is 0 Å². The van der Waals surface area contributed by atoms with Crippen molar-refractivity contribution in [2.45, 2.75) is 96.8 Å². The minimum atomic E-state index is -0.560. The van der Waals surface area contributed by atoms with Crippen molar-refractivity contribution in [3.05, 3.63) is 41.5 Å². The van der Waals surface area contributed by atoms with Gasteiger partial charge in [0.15, 0.2) is 0 Å². The summed E-state index contributed by atoms with van der Waals surface area (Å²) < 4.78 is 5.33. The lowest BCUT2D eigenvalue weighted by atomic mass is 9.67. The Morgan fingerprint density at radius 1 is 1.03 bits per heavy atom. The Balaban J connectivity index is 1.46. The number of benzene rings is 1. The lowest BCUT2D eigenvalue weighted by Crippen LogP contribution is -2.25. The van der Waals surface area contributed by atoms with Crippen molar-refractivity contribution < 1.29 is 14.6 Å². The molecule has 0 spiro atoms. The van der Waals surface area contributed by atoms with E-state index in [-0.39, 0.29) is 12.2 Å². The van der Waals surface area contributed by atoms with Gasteiger partial charge in [-0.1, -0.05) is 58.1 Å². The van der Waals surface area contributed by atoms with Crippen molar-refractivity contribution in [2.24, 2.45) is 17.8 Å². The van der Waals surface area contributed by atoms with Gasteiger partial charge in [-0.15, -0.1) is 0 Å². The maximum absolute atomic E-state index is 11.8. The van der Waals surface area contributed by atoms with E-state index in [4.69, 9.17) is 9.84 Å². The molecule has 0 saturated heterocycles. The Morgan fingerprint density at radius 3 is 2.26 bits per heavy atom. The SMILES string of the molecule is C=C(CO)C(=O)Oc1ccc(C2CCC(C3CCC(CCCCC)CC3)CC2)c(C)c1. The van der Waals surface area contributed by atoms with Crippen LogP contribution >= 0.6 is 0 Å². The van der Waals surface area contributed by atoms with Crippen molar-refractivity contribution in [3.8, 4) is 5.75 Å². The van der Waals surface area contributed by atoms with Gasteiger partial charge in [0.05, 0.1) is 12.2 Å². The van der Waals surface area contributed by atoms with Crippen LogP contribution in [0.1, 0.15) is 101 Å². The maximum atomic E-state index is 11.8. The highest BCUT2D eigenvalue weighted by Gasteiger charge is 2.31. The largest absolute Gasteiger partial charge is 0.423 e. The molecule has 3 heteroatoms. The van der Waals surface area contributed by atoms with Crippen molar-refractivity contribution in [1.82, 2.24) is 0 Å². The Labute approximate surface area is 189 Å². The summed E-state index contributed by atoms with van der Waals surface area (Å²) >= 11 is 0. The summed E-state index contributed by atoms with van der Waals surface area (Å²) in [6.07, 6.45) is 16.8. The third-order valence-electron chi connectivity index (χ3n) is 7.92. The second kappa shape index (κ2) is 11.9. The van der Waals surface area contributed by atoms with Crippen LogP contribution in [0.15, 0.2) is 30.4 Å². The molecule has 0 heterocycles. The zero-order valence-corrected chi connectivity index (χ0v) is 19.7. The number of aliphatic hydroxyl groups excluding tert-OH is 1. The van der Waals surface area contributed by atoms with Crippen LogP contribution < -0.4 is 4.74 Å². The van der Waals surface area contributed by atoms with E-state index in [0.29, 0.717) is 11.7 Å². The van der Waals surface area contributed by atoms with E-state index in [1.165, 1.54) is 88.2 Å². The Bertz CT molecular complexity index is 722. The monoisotopic (exact) mass is 426 g/mol. The average molecular weight is 427 g/mol. The highest BCUT2D eigenvalue weighted by molar-refractivity contribution is 5.89. The molecule has 0 unspecified atom stereocenters. The van der Waals surface area contributed by atoms with Crippen LogP contribution in [0.25, 0.3) is 0 Å². The number of aliphatic hydroxyl groups is 1. The van der Waals surface area contributed by atoms with Crippen LogP contribution in [0.5, 0.6) is 5.75 Å². The van der Waals surface area contributed by atoms with Gasteiger partial charge in [0.1, 0.15) is 5.75 Å². The molecule has 0 aliphatic heterocycles. The summed E-state index contributed by atoms with van der Waals surface area (Å²) in [5.41, 5.74) is 2.67. The van der Waals surface area contributed by atoms with Gasteiger partial charge in [-0.2, -0.15) is 0 Å². The van der Waals surface area contributed by atoms with E-state index in [9.17, 15) is 4.79 Å². The number of unbranched alkanes of at least 4 members (excludes halogenated alkanes) is 2. The molecule has 0 amide bonds. The number of hydrogen-bond acceptors (Lipinski definition) is 3. The van der Waals surface area contributed by atoms with Crippen LogP contribution in [-0.4, -0.2) is 17.7 Å². The average Bonchev–Trinajstić information content (AvgIpc) is 2.79. The highest BCUT2D eigenvalue weighted by Crippen LogP contribution is 2.45. The lowest BCUT2D eigenvalue weighted by molar-refractivity contribution is -0.130. The van der Waals surface area contributed by atoms with Crippen molar-refractivity contribution in [2.75, 3.05) is 6.61 Å². The Hall–Kier alpha value is -1.61. The lowest BCUT2D eigenvalue weighted by Gasteiger charge is -2.38. The number of carbonyl (C=O) groups is 1. The first-order chi connectivity index (χ1) is 15.0. The first kappa shape index (κ1) is 24.0. The molecular formula is C28H42O3. The van der Waals surface area contributed by atoms with Gasteiger partial charge in [-0.25, -0.2) is 4.79 Å². The molecule has 2 fully saturated rings. The van der Waals surface area contributed by atoms with Crippen LogP contribution in [-0.2, 0) is 4.79 Å². The molecule has 2 saturated carbocycles. The van der Waals surface area contributed by atoms with Crippen LogP contribution in [0, 0.1) is 24.7 Å².